The van der Waals surface area contributed by atoms with Crippen LogP contribution in [-0.2, 0) is 0 Å². The summed E-state index contributed by atoms with van der Waals surface area (Å²) >= 11 is 0. The van der Waals surface area contributed by atoms with E-state index in [2.05, 4.69) is 192 Å². The van der Waals surface area contributed by atoms with E-state index in [1.165, 1.54) is 43.5 Å². The fraction of sp³-hybridized carbons (Fsp3) is 0.0588. The number of nitrogens with zero attached hydrogens (tertiary/aromatic N) is 10. The zero-order chi connectivity index (χ0) is 54.0. The first-order chi connectivity index (χ1) is 39.2. The largest absolute Gasteiger partial charge is 0.311 e. The van der Waals surface area contributed by atoms with Crippen LogP contribution in [0.1, 0.15) is 0 Å². The number of rotatable bonds is 9. The summed E-state index contributed by atoms with van der Waals surface area (Å²) < 4.78 is 0. The molecule has 0 unspecified atom stereocenters. The third-order valence-electron chi connectivity index (χ3n) is 15.7. The summed E-state index contributed by atoms with van der Waals surface area (Å²) in [6.45, 7) is 9.85. The summed E-state index contributed by atoms with van der Waals surface area (Å²) in [5.74, 6) is 1.04. The van der Waals surface area contributed by atoms with Crippen molar-refractivity contribution in [1.29, 1.82) is 0 Å². The van der Waals surface area contributed by atoms with Gasteiger partial charge in [-0.1, -0.05) is 111 Å². The van der Waals surface area contributed by atoms with Gasteiger partial charge in [0, 0.05) is 93.6 Å². The van der Waals surface area contributed by atoms with Crippen LogP contribution in [0.5, 0.6) is 0 Å². The standard InChI is InChI=1S/C68H52N10Si2/c1-79(2)63-27-9-5-23-59(63)77(60-24-6-10-28-64(60)79)51-37-47(35-49(39-51)57-41-55(45-19-17-31-69-43-45)73-67(75-57)53-21-13-15-33-71-53)48-36-50(58-42-56(46-20-18-32-70-44-46)74-68(76-58)54-22-14-16-34-72-54)40-52(38-48)78-61-25-7-11-29-65(61)80(3,4)66-30-12-8-26-62(66)78/h5-44H,1-4H3. The molecule has 0 bridgehead atoms. The van der Waals surface area contributed by atoms with Gasteiger partial charge in [0.25, 0.3) is 0 Å². The number of hydrogen-bond acceptors (Lipinski definition) is 10. The van der Waals surface area contributed by atoms with E-state index in [9.17, 15) is 0 Å². The number of pyridine rings is 4. The second-order valence-electron chi connectivity index (χ2n) is 21.4. The number of para-hydroxylation sites is 4. The molecule has 0 N–H and O–H groups in total. The van der Waals surface area contributed by atoms with Crippen LogP contribution in [0.4, 0.5) is 34.1 Å². The molecule has 6 aromatic carbocycles. The normalized spacial score (nSPS) is 13.7. The van der Waals surface area contributed by atoms with Gasteiger partial charge in [0.1, 0.15) is 27.5 Å². The van der Waals surface area contributed by atoms with E-state index >= 15 is 0 Å². The fourth-order valence-electron chi connectivity index (χ4n) is 11.7. The number of benzene rings is 6. The quantitative estimate of drug-likeness (QED) is 0.130. The summed E-state index contributed by atoms with van der Waals surface area (Å²) in [6, 6.07) is 73.4. The van der Waals surface area contributed by atoms with Crippen molar-refractivity contribution in [2.75, 3.05) is 9.80 Å². The predicted octanol–water partition coefficient (Wildman–Crippen LogP) is 13.7. The van der Waals surface area contributed by atoms with Gasteiger partial charge in [-0.25, -0.2) is 19.9 Å². The van der Waals surface area contributed by atoms with Gasteiger partial charge in [-0.2, -0.15) is 0 Å². The molecule has 12 heteroatoms. The number of aromatic nitrogens is 8. The Bertz CT molecular complexity index is 3840. The van der Waals surface area contributed by atoms with Crippen molar-refractivity contribution in [2.45, 2.75) is 26.2 Å². The lowest BCUT2D eigenvalue weighted by atomic mass is 9.95. The molecule has 0 atom stereocenters. The van der Waals surface area contributed by atoms with Crippen LogP contribution in [0.25, 0.3) is 79.2 Å². The third kappa shape index (κ3) is 8.49. The predicted molar refractivity (Wildman–Crippen MR) is 330 cm³/mol. The van der Waals surface area contributed by atoms with E-state index in [1.807, 2.05) is 73.1 Å². The molecule has 0 spiro atoms. The fourth-order valence-corrected chi connectivity index (χ4v) is 17.7. The van der Waals surface area contributed by atoms with Gasteiger partial charge in [0.2, 0.25) is 0 Å². The maximum absolute atomic E-state index is 5.39. The molecule has 0 saturated carbocycles. The molecule has 0 saturated heterocycles. The maximum atomic E-state index is 5.39. The Labute approximate surface area is 467 Å². The van der Waals surface area contributed by atoms with E-state index < -0.39 is 16.1 Å². The topological polar surface area (TPSA) is 110 Å². The Balaban J connectivity index is 1.07. The summed E-state index contributed by atoms with van der Waals surface area (Å²) in [6.07, 6.45) is 10.8. The Kier molecular flexibility index (Phi) is 11.8. The van der Waals surface area contributed by atoms with Gasteiger partial charge >= 0.3 is 0 Å². The van der Waals surface area contributed by atoms with E-state index in [0.29, 0.717) is 23.0 Å². The zero-order valence-electron chi connectivity index (χ0n) is 44.6. The molecule has 382 valence electrons. The molecule has 2 aliphatic rings. The molecular formula is C68H52N10Si2. The lowest BCUT2D eigenvalue weighted by molar-refractivity contribution is 1.14. The van der Waals surface area contributed by atoms with Crippen molar-refractivity contribution in [2.24, 2.45) is 0 Å². The summed E-state index contributed by atoms with van der Waals surface area (Å²) in [4.78, 5) is 44.5. The minimum Gasteiger partial charge on any atom is -0.311 e. The minimum absolute atomic E-state index is 0.519. The first-order valence-electron chi connectivity index (χ1n) is 26.9. The second-order valence-corrected chi connectivity index (χ2v) is 30.0. The summed E-state index contributed by atoms with van der Waals surface area (Å²) in [5, 5.41) is 5.50. The van der Waals surface area contributed by atoms with E-state index in [-0.39, 0.29) is 0 Å². The van der Waals surface area contributed by atoms with Crippen molar-refractivity contribution in [3.8, 4) is 79.2 Å². The highest BCUT2D eigenvalue weighted by atomic mass is 28.3. The van der Waals surface area contributed by atoms with Crippen molar-refractivity contribution in [1.82, 2.24) is 39.9 Å². The van der Waals surface area contributed by atoms with E-state index in [1.54, 1.807) is 24.8 Å². The Hall–Kier alpha value is -9.89. The number of anilines is 6. The highest BCUT2D eigenvalue weighted by Crippen LogP contribution is 2.46. The second kappa shape index (κ2) is 19.5. The van der Waals surface area contributed by atoms with Gasteiger partial charge < -0.3 is 9.80 Å². The first kappa shape index (κ1) is 48.5. The molecule has 10 nitrogen and oxygen atoms in total. The summed E-state index contributed by atoms with van der Waals surface area (Å²) in [5.41, 5.74) is 16.5. The molecule has 0 aliphatic carbocycles. The lowest BCUT2D eigenvalue weighted by Crippen LogP contribution is -2.58. The van der Waals surface area contributed by atoms with Crippen LogP contribution < -0.4 is 30.5 Å². The Morgan fingerprint density at radius 1 is 0.287 bits per heavy atom. The number of fused-ring (bicyclic) bond motifs is 4. The van der Waals surface area contributed by atoms with Crippen LogP contribution in [-0.4, -0.2) is 56.0 Å². The van der Waals surface area contributed by atoms with Crippen molar-refractivity contribution in [3.63, 3.8) is 0 Å². The monoisotopic (exact) mass is 1060 g/mol. The van der Waals surface area contributed by atoms with Crippen molar-refractivity contribution in [3.05, 3.63) is 243 Å². The molecule has 12 aromatic rings. The van der Waals surface area contributed by atoms with Gasteiger partial charge in [0.15, 0.2) is 11.6 Å². The van der Waals surface area contributed by atoms with Crippen LogP contribution in [0, 0.1) is 0 Å². The first-order valence-corrected chi connectivity index (χ1v) is 32.9. The van der Waals surface area contributed by atoms with Crippen LogP contribution in [0.3, 0.4) is 0 Å². The Morgan fingerprint density at radius 3 is 0.963 bits per heavy atom. The average molecular weight is 1070 g/mol. The van der Waals surface area contributed by atoms with Crippen LogP contribution >= 0.6 is 0 Å². The molecule has 8 heterocycles. The third-order valence-corrected chi connectivity index (χ3v) is 22.8. The minimum atomic E-state index is -2.15. The molecule has 0 radical (unpaired) electrons. The molecular weight excluding hydrogens is 1010 g/mol. The smallest absolute Gasteiger partial charge is 0.179 e. The molecule has 0 fully saturated rings. The maximum Gasteiger partial charge on any atom is 0.179 e. The number of hydrogen-bond donors (Lipinski definition) is 0. The highest BCUT2D eigenvalue weighted by Gasteiger charge is 2.40. The van der Waals surface area contributed by atoms with Crippen LogP contribution in [0.2, 0.25) is 26.2 Å². The summed E-state index contributed by atoms with van der Waals surface area (Å²) in [7, 11) is -4.30. The van der Waals surface area contributed by atoms with E-state index in [0.717, 1.165) is 67.5 Å². The van der Waals surface area contributed by atoms with Crippen molar-refractivity contribution >= 4 is 71.0 Å². The van der Waals surface area contributed by atoms with Gasteiger partial charge in [-0.15, -0.1) is 0 Å². The SMILES string of the molecule is C[Si]1(C)c2ccccc2N(c2cc(-c3cc(-c4cc(-c5cccnc5)nc(-c5ccccn5)n4)cc(N4c5ccccc5[Si](C)(C)c5ccccc54)c3)cc(-c3cc(-c4cccnc4)nc(-c4ccccn4)n3)c2)c2ccccc21. The molecule has 2 aliphatic heterocycles. The Morgan fingerprint density at radius 2 is 0.625 bits per heavy atom. The van der Waals surface area contributed by atoms with Gasteiger partial charge in [-0.05, 0) is 153 Å². The van der Waals surface area contributed by atoms with Crippen LogP contribution in [0.15, 0.2) is 243 Å². The highest BCUT2D eigenvalue weighted by molar-refractivity contribution is 7.03. The van der Waals surface area contributed by atoms with Gasteiger partial charge in [-0.3, -0.25) is 19.9 Å². The molecule has 0 amide bonds. The van der Waals surface area contributed by atoms with E-state index in [4.69, 9.17) is 29.9 Å². The van der Waals surface area contributed by atoms with Gasteiger partial charge in [0.05, 0.1) is 22.8 Å². The average Bonchev–Trinajstić information content (AvgIpc) is 3.66. The molecule has 6 aromatic heterocycles. The molecule has 80 heavy (non-hydrogen) atoms. The molecule has 14 rings (SSSR count). The van der Waals surface area contributed by atoms with Crippen molar-refractivity contribution < 1.29 is 0 Å². The zero-order valence-corrected chi connectivity index (χ0v) is 46.6. The lowest BCUT2D eigenvalue weighted by Gasteiger charge is -2.41.